The molecule has 0 saturated carbocycles. The lowest BCUT2D eigenvalue weighted by Crippen LogP contribution is -2.15. The molecule has 0 aliphatic rings. The van der Waals surface area contributed by atoms with Gasteiger partial charge in [-0.15, -0.1) is 0 Å². The molecule has 32 heavy (non-hydrogen) atoms. The number of aliphatic hydroxyl groups is 1. The number of carbonyl (C=O) groups is 1. The standard InChI is InChI=1S/C29H21NO2/c31-28(26-19-9-13-21-11-5-7-17-24(21)26)27(29(32)30-22-14-2-1-3-15-22)25-18-8-12-20-10-4-6-16-23(20)25/h1-19,31H,(H,30,32)/b28-27-. The first-order chi connectivity index (χ1) is 15.7. The molecular formula is C29H21NO2. The average molecular weight is 415 g/mol. The van der Waals surface area contributed by atoms with Crippen LogP contribution in [0.4, 0.5) is 5.69 Å². The number of aliphatic hydroxyl groups excluding tert-OH is 1. The SMILES string of the molecule is O=C(Nc1ccccc1)/C(=C(\O)c1cccc2ccccc12)c1cccc2ccccc12. The van der Waals surface area contributed by atoms with Gasteiger partial charge in [0.15, 0.2) is 0 Å². The summed E-state index contributed by atoms with van der Waals surface area (Å²) in [4.78, 5) is 13.6. The van der Waals surface area contributed by atoms with Gasteiger partial charge in [0.25, 0.3) is 5.91 Å². The van der Waals surface area contributed by atoms with Crippen LogP contribution in [0.15, 0.2) is 115 Å². The summed E-state index contributed by atoms with van der Waals surface area (Å²) in [5.74, 6) is -0.412. The molecule has 5 rings (SSSR count). The lowest BCUT2D eigenvalue weighted by molar-refractivity contribution is -0.111. The Bertz CT molecular complexity index is 1460. The highest BCUT2D eigenvalue weighted by molar-refractivity contribution is 6.33. The van der Waals surface area contributed by atoms with Gasteiger partial charge in [0, 0.05) is 11.3 Å². The van der Waals surface area contributed by atoms with E-state index < -0.39 is 0 Å². The van der Waals surface area contributed by atoms with Crippen molar-refractivity contribution in [3.8, 4) is 0 Å². The minimum Gasteiger partial charge on any atom is -0.506 e. The molecule has 0 aromatic heterocycles. The first-order valence-corrected chi connectivity index (χ1v) is 10.5. The number of hydrogen-bond donors (Lipinski definition) is 2. The van der Waals surface area contributed by atoms with E-state index in [9.17, 15) is 9.90 Å². The number of para-hydroxylation sites is 1. The zero-order chi connectivity index (χ0) is 21.9. The van der Waals surface area contributed by atoms with Crippen LogP contribution in [-0.2, 0) is 4.79 Å². The molecule has 5 aromatic rings. The Morgan fingerprint density at radius 3 is 1.72 bits per heavy atom. The largest absolute Gasteiger partial charge is 0.506 e. The molecule has 2 N–H and O–H groups in total. The number of hydrogen-bond acceptors (Lipinski definition) is 2. The van der Waals surface area contributed by atoms with Gasteiger partial charge in [-0.25, -0.2) is 0 Å². The molecule has 0 aliphatic carbocycles. The molecule has 1 amide bonds. The van der Waals surface area contributed by atoms with E-state index in [1.165, 1.54) is 0 Å². The van der Waals surface area contributed by atoms with Gasteiger partial charge in [-0.2, -0.15) is 0 Å². The third-order valence-corrected chi connectivity index (χ3v) is 5.60. The van der Waals surface area contributed by atoms with Crippen LogP contribution in [0, 0.1) is 0 Å². The van der Waals surface area contributed by atoms with E-state index in [2.05, 4.69) is 5.32 Å². The number of anilines is 1. The van der Waals surface area contributed by atoms with Gasteiger partial charge in [-0.3, -0.25) is 4.79 Å². The fourth-order valence-electron chi connectivity index (χ4n) is 4.08. The summed E-state index contributed by atoms with van der Waals surface area (Å²) in [7, 11) is 0. The quantitative estimate of drug-likeness (QED) is 0.188. The molecule has 0 heterocycles. The third-order valence-electron chi connectivity index (χ3n) is 5.60. The number of amides is 1. The summed E-state index contributed by atoms with van der Waals surface area (Å²) in [6.45, 7) is 0. The van der Waals surface area contributed by atoms with Crippen molar-refractivity contribution in [3.63, 3.8) is 0 Å². The van der Waals surface area contributed by atoms with Crippen molar-refractivity contribution in [2.75, 3.05) is 5.32 Å². The molecule has 0 atom stereocenters. The number of carbonyl (C=O) groups excluding carboxylic acids is 1. The van der Waals surface area contributed by atoms with Crippen molar-refractivity contribution in [2.45, 2.75) is 0 Å². The summed E-state index contributed by atoms with van der Waals surface area (Å²) in [6.07, 6.45) is 0. The molecule has 3 nitrogen and oxygen atoms in total. The Hall–Kier alpha value is -4.37. The number of nitrogens with one attached hydrogen (secondary N) is 1. The van der Waals surface area contributed by atoms with Gasteiger partial charge in [0.1, 0.15) is 5.76 Å². The van der Waals surface area contributed by atoms with Crippen LogP contribution in [0.25, 0.3) is 32.9 Å². The number of benzene rings is 5. The minimum atomic E-state index is -0.363. The van der Waals surface area contributed by atoms with Gasteiger partial charge in [0.2, 0.25) is 0 Å². The van der Waals surface area contributed by atoms with Gasteiger partial charge in [-0.1, -0.05) is 103 Å². The number of fused-ring (bicyclic) bond motifs is 2. The van der Waals surface area contributed by atoms with Crippen LogP contribution >= 0.6 is 0 Å². The molecule has 0 fully saturated rings. The van der Waals surface area contributed by atoms with Crippen molar-refractivity contribution in [2.24, 2.45) is 0 Å². The smallest absolute Gasteiger partial charge is 0.260 e. The predicted octanol–water partition coefficient (Wildman–Crippen LogP) is 7.06. The van der Waals surface area contributed by atoms with Crippen LogP contribution in [0.3, 0.4) is 0 Å². The highest BCUT2D eigenvalue weighted by Crippen LogP contribution is 2.34. The molecule has 0 unspecified atom stereocenters. The van der Waals surface area contributed by atoms with E-state index in [1.54, 1.807) is 0 Å². The Morgan fingerprint density at radius 2 is 1.06 bits per heavy atom. The Labute approximate surface area is 186 Å². The zero-order valence-corrected chi connectivity index (χ0v) is 17.3. The molecule has 154 valence electrons. The Morgan fingerprint density at radius 1 is 0.562 bits per heavy atom. The second-order valence-electron chi connectivity index (χ2n) is 7.60. The van der Waals surface area contributed by atoms with Crippen molar-refractivity contribution >= 4 is 44.5 Å². The van der Waals surface area contributed by atoms with Gasteiger partial charge in [0.05, 0.1) is 5.57 Å². The molecular weight excluding hydrogens is 394 g/mol. The Balaban J connectivity index is 1.76. The van der Waals surface area contributed by atoms with Crippen molar-refractivity contribution in [3.05, 3.63) is 126 Å². The molecule has 5 aromatic carbocycles. The second kappa shape index (κ2) is 8.40. The van der Waals surface area contributed by atoms with E-state index in [-0.39, 0.29) is 17.2 Å². The first kappa shape index (κ1) is 19.6. The van der Waals surface area contributed by atoms with Gasteiger partial charge in [-0.05, 0) is 39.2 Å². The summed E-state index contributed by atoms with van der Waals surface area (Å²) >= 11 is 0. The van der Waals surface area contributed by atoms with Crippen LogP contribution < -0.4 is 5.32 Å². The van der Waals surface area contributed by atoms with Crippen LogP contribution in [0.2, 0.25) is 0 Å². The maximum absolute atomic E-state index is 13.6. The monoisotopic (exact) mass is 415 g/mol. The lowest BCUT2D eigenvalue weighted by atomic mass is 9.93. The molecule has 0 spiro atoms. The van der Waals surface area contributed by atoms with E-state index in [4.69, 9.17) is 0 Å². The minimum absolute atomic E-state index is 0.0495. The highest BCUT2D eigenvalue weighted by Gasteiger charge is 2.22. The topological polar surface area (TPSA) is 49.3 Å². The molecule has 0 aliphatic heterocycles. The maximum atomic E-state index is 13.6. The fraction of sp³-hybridized carbons (Fsp3) is 0. The summed E-state index contributed by atoms with van der Waals surface area (Å²) in [5.41, 5.74) is 2.21. The van der Waals surface area contributed by atoms with E-state index in [0.29, 0.717) is 16.8 Å². The number of rotatable bonds is 4. The van der Waals surface area contributed by atoms with E-state index >= 15 is 0 Å². The molecule has 0 bridgehead atoms. The van der Waals surface area contributed by atoms with Gasteiger partial charge >= 0.3 is 0 Å². The van der Waals surface area contributed by atoms with Crippen molar-refractivity contribution in [1.29, 1.82) is 0 Å². The van der Waals surface area contributed by atoms with E-state index in [0.717, 1.165) is 21.5 Å². The molecule has 0 saturated heterocycles. The fourth-order valence-corrected chi connectivity index (χ4v) is 4.08. The van der Waals surface area contributed by atoms with Crippen LogP contribution in [-0.4, -0.2) is 11.0 Å². The maximum Gasteiger partial charge on any atom is 0.260 e. The van der Waals surface area contributed by atoms with Crippen molar-refractivity contribution < 1.29 is 9.90 Å². The van der Waals surface area contributed by atoms with Crippen LogP contribution in [0.1, 0.15) is 11.1 Å². The Kier molecular flexibility index (Phi) is 5.14. The summed E-state index contributed by atoms with van der Waals surface area (Å²) in [5, 5.41) is 18.3. The predicted molar refractivity (Wildman–Crippen MR) is 132 cm³/mol. The normalized spacial score (nSPS) is 11.9. The average Bonchev–Trinajstić information content (AvgIpc) is 2.84. The highest BCUT2D eigenvalue weighted by atomic mass is 16.3. The summed E-state index contributed by atoms with van der Waals surface area (Å²) < 4.78 is 0. The van der Waals surface area contributed by atoms with E-state index in [1.807, 2.05) is 115 Å². The van der Waals surface area contributed by atoms with Crippen LogP contribution in [0.5, 0.6) is 0 Å². The third kappa shape index (κ3) is 3.61. The molecule has 3 heteroatoms. The van der Waals surface area contributed by atoms with Crippen molar-refractivity contribution in [1.82, 2.24) is 0 Å². The molecule has 0 radical (unpaired) electrons. The first-order valence-electron chi connectivity index (χ1n) is 10.5. The van der Waals surface area contributed by atoms with Gasteiger partial charge < -0.3 is 10.4 Å². The zero-order valence-electron chi connectivity index (χ0n) is 17.3. The second-order valence-corrected chi connectivity index (χ2v) is 7.60. The lowest BCUT2D eigenvalue weighted by Gasteiger charge is -2.15. The summed E-state index contributed by atoms with van der Waals surface area (Å²) in [6, 6.07) is 36.5.